The molecule has 1 aromatic heterocycles. The molecule has 1 atom stereocenters. The molecular formula is C16H17ClN4OS. The molecule has 7 heteroatoms. The molecule has 1 amide bonds. The summed E-state index contributed by atoms with van der Waals surface area (Å²) in [4.78, 5) is 21.5. The van der Waals surface area contributed by atoms with E-state index in [1.54, 1.807) is 0 Å². The van der Waals surface area contributed by atoms with Crippen LogP contribution in [0.1, 0.15) is 0 Å². The Morgan fingerprint density at radius 1 is 1.22 bits per heavy atom. The molecule has 0 radical (unpaired) electrons. The first-order valence-corrected chi connectivity index (χ1v) is 8.96. The Kier molecular flexibility index (Phi) is 4.07. The van der Waals surface area contributed by atoms with Crippen LogP contribution in [-0.4, -0.2) is 54.6 Å². The van der Waals surface area contributed by atoms with Crippen LogP contribution in [0.15, 0.2) is 29.6 Å². The molecular weight excluding hydrogens is 332 g/mol. The summed E-state index contributed by atoms with van der Waals surface area (Å²) in [5.74, 6) is 0.153. The van der Waals surface area contributed by atoms with Crippen LogP contribution < -0.4 is 10.2 Å². The molecule has 0 aliphatic carbocycles. The number of nitrogens with zero attached hydrogens (tertiary/aromatic N) is 3. The van der Waals surface area contributed by atoms with E-state index in [1.807, 2.05) is 34.5 Å². The molecule has 2 aliphatic heterocycles. The lowest BCUT2D eigenvalue weighted by Crippen LogP contribution is -2.64. The zero-order chi connectivity index (χ0) is 15.8. The Balaban J connectivity index is 1.56. The van der Waals surface area contributed by atoms with Crippen molar-refractivity contribution in [3.05, 3.63) is 34.7 Å². The molecule has 0 saturated carbocycles. The minimum atomic E-state index is -0.0552. The highest BCUT2D eigenvalue weighted by molar-refractivity contribution is 7.14. The van der Waals surface area contributed by atoms with Gasteiger partial charge >= 0.3 is 0 Å². The maximum atomic E-state index is 12.7. The first-order valence-electron chi connectivity index (χ1n) is 7.70. The second-order valence-corrected chi connectivity index (χ2v) is 7.04. The van der Waals surface area contributed by atoms with Crippen molar-refractivity contribution in [2.75, 3.05) is 37.6 Å². The average Bonchev–Trinajstić information content (AvgIpc) is 3.06. The van der Waals surface area contributed by atoms with E-state index in [-0.39, 0.29) is 11.9 Å². The molecule has 3 heterocycles. The number of rotatable bonds is 2. The normalized spacial score (nSPS) is 22.2. The highest BCUT2D eigenvalue weighted by Crippen LogP contribution is 2.30. The van der Waals surface area contributed by atoms with Gasteiger partial charge in [-0.05, 0) is 12.1 Å². The molecule has 23 heavy (non-hydrogen) atoms. The van der Waals surface area contributed by atoms with E-state index >= 15 is 0 Å². The lowest BCUT2D eigenvalue weighted by atomic mass is 10.1. The smallest absolute Gasteiger partial charge is 0.247 e. The Labute approximate surface area is 143 Å². The van der Waals surface area contributed by atoms with Crippen LogP contribution >= 0.6 is 22.9 Å². The molecule has 2 saturated heterocycles. The summed E-state index contributed by atoms with van der Waals surface area (Å²) < 4.78 is 0. The molecule has 0 spiro atoms. The number of piperazine rings is 2. The van der Waals surface area contributed by atoms with Crippen LogP contribution in [0.3, 0.4) is 0 Å². The van der Waals surface area contributed by atoms with Crippen LogP contribution in [0.5, 0.6) is 0 Å². The third-order valence-electron chi connectivity index (χ3n) is 4.38. The largest absolute Gasteiger partial charge is 0.313 e. The first-order chi connectivity index (χ1) is 11.2. The van der Waals surface area contributed by atoms with Crippen molar-refractivity contribution in [3.8, 4) is 11.3 Å². The lowest BCUT2D eigenvalue weighted by Gasteiger charge is -2.42. The quantitative estimate of drug-likeness (QED) is 0.902. The van der Waals surface area contributed by atoms with Crippen molar-refractivity contribution < 1.29 is 4.79 Å². The monoisotopic (exact) mass is 348 g/mol. The minimum absolute atomic E-state index is 0.0552. The van der Waals surface area contributed by atoms with Crippen molar-refractivity contribution in [1.29, 1.82) is 0 Å². The predicted octanol–water partition coefficient (Wildman–Crippen LogP) is 2.08. The second-order valence-electron chi connectivity index (χ2n) is 5.77. The third kappa shape index (κ3) is 2.87. The molecule has 2 fully saturated rings. The molecule has 0 unspecified atom stereocenters. The van der Waals surface area contributed by atoms with Crippen LogP contribution in [0.2, 0.25) is 5.02 Å². The van der Waals surface area contributed by atoms with Crippen molar-refractivity contribution in [1.82, 2.24) is 15.2 Å². The van der Waals surface area contributed by atoms with Gasteiger partial charge in [-0.1, -0.05) is 23.7 Å². The van der Waals surface area contributed by atoms with E-state index in [0.717, 1.165) is 42.6 Å². The maximum absolute atomic E-state index is 12.7. The zero-order valence-corrected chi connectivity index (χ0v) is 14.1. The Bertz CT molecular complexity index is 717. The highest BCUT2D eigenvalue weighted by Gasteiger charge is 2.37. The van der Waals surface area contributed by atoms with E-state index in [9.17, 15) is 4.79 Å². The highest BCUT2D eigenvalue weighted by atomic mass is 35.5. The lowest BCUT2D eigenvalue weighted by molar-refractivity contribution is -0.126. The molecule has 5 nitrogen and oxygen atoms in total. The van der Waals surface area contributed by atoms with Gasteiger partial charge in [0.05, 0.1) is 5.69 Å². The van der Waals surface area contributed by atoms with Gasteiger partial charge < -0.3 is 5.32 Å². The molecule has 1 aromatic carbocycles. The van der Waals surface area contributed by atoms with Crippen LogP contribution in [0.4, 0.5) is 5.13 Å². The third-order valence-corrected chi connectivity index (χ3v) is 5.49. The van der Waals surface area contributed by atoms with Gasteiger partial charge in [0, 0.05) is 48.7 Å². The van der Waals surface area contributed by atoms with Gasteiger partial charge in [-0.3, -0.25) is 14.6 Å². The summed E-state index contributed by atoms with van der Waals surface area (Å²) in [6, 6.07) is 7.55. The number of fused-ring (bicyclic) bond motifs is 1. The fraction of sp³-hybridized carbons (Fsp3) is 0.375. The van der Waals surface area contributed by atoms with Gasteiger partial charge in [0.25, 0.3) is 0 Å². The van der Waals surface area contributed by atoms with Gasteiger partial charge in [0.1, 0.15) is 6.04 Å². The SMILES string of the molecule is O=C1[C@H]2CNCCN2CCN1c1nc(-c2ccc(Cl)cc2)cs1. The van der Waals surface area contributed by atoms with Gasteiger partial charge in [-0.15, -0.1) is 11.3 Å². The van der Waals surface area contributed by atoms with Crippen molar-refractivity contribution in [2.45, 2.75) is 6.04 Å². The summed E-state index contributed by atoms with van der Waals surface area (Å²) >= 11 is 7.45. The van der Waals surface area contributed by atoms with E-state index in [2.05, 4.69) is 15.2 Å². The van der Waals surface area contributed by atoms with Crippen molar-refractivity contribution in [2.24, 2.45) is 0 Å². The number of amides is 1. The number of aromatic nitrogens is 1. The summed E-state index contributed by atoms with van der Waals surface area (Å²) in [6.07, 6.45) is 0. The molecule has 2 aromatic rings. The molecule has 1 N–H and O–H groups in total. The number of benzene rings is 1. The van der Waals surface area contributed by atoms with Crippen molar-refractivity contribution in [3.63, 3.8) is 0 Å². The Morgan fingerprint density at radius 3 is 2.87 bits per heavy atom. The van der Waals surface area contributed by atoms with Crippen LogP contribution in [-0.2, 0) is 4.79 Å². The summed E-state index contributed by atoms with van der Waals surface area (Å²) in [5, 5.41) is 6.79. The minimum Gasteiger partial charge on any atom is -0.313 e. The number of carbonyl (C=O) groups excluding carboxylic acids is 1. The van der Waals surface area contributed by atoms with Gasteiger partial charge in [-0.2, -0.15) is 0 Å². The van der Waals surface area contributed by atoms with Gasteiger partial charge in [0.15, 0.2) is 5.13 Å². The Morgan fingerprint density at radius 2 is 2.04 bits per heavy atom. The molecule has 4 rings (SSSR count). The van der Waals surface area contributed by atoms with Gasteiger partial charge in [-0.25, -0.2) is 4.98 Å². The molecule has 120 valence electrons. The topological polar surface area (TPSA) is 48.5 Å². The fourth-order valence-electron chi connectivity index (χ4n) is 3.11. The van der Waals surface area contributed by atoms with E-state index in [1.165, 1.54) is 11.3 Å². The summed E-state index contributed by atoms with van der Waals surface area (Å²) in [6.45, 7) is 4.25. The number of thiazole rings is 1. The number of carbonyl (C=O) groups is 1. The van der Waals surface area contributed by atoms with E-state index in [0.29, 0.717) is 11.6 Å². The fourth-order valence-corrected chi connectivity index (χ4v) is 4.10. The predicted molar refractivity (Wildman–Crippen MR) is 93.1 cm³/mol. The number of anilines is 1. The van der Waals surface area contributed by atoms with E-state index < -0.39 is 0 Å². The van der Waals surface area contributed by atoms with Crippen molar-refractivity contribution >= 4 is 34.0 Å². The standard InChI is InChI=1S/C16H17ClN4OS/c17-12-3-1-11(2-4-12)13-10-23-16(19-13)21-8-7-20-6-5-18-9-14(20)15(21)22/h1-4,10,14,18H,5-9H2/t14-/m1/s1. The first kappa shape index (κ1) is 15.1. The molecule has 2 aliphatic rings. The van der Waals surface area contributed by atoms with Gasteiger partial charge in [0.2, 0.25) is 5.91 Å². The number of halogens is 1. The van der Waals surface area contributed by atoms with Crippen LogP contribution in [0.25, 0.3) is 11.3 Å². The zero-order valence-electron chi connectivity index (χ0n) is 12.5. The summed E-state index contributed by atoms with van der Waals surface area (Å²) in [5.41, 5.74) is 1.90. The average molecular weight is 349 g/mol. The number of hydrogen-bond acceptors (Lipinski definition) is 5. The second kappa shape index (κ2) is 6.20. The summed E-state index contributed by atoms with van der Waals surface area (Å²) in [7, 11) is 0. The maximum Gasteiger partial charge on any atom is 0.247 e. The Hall–Kier alpha value is -1.47. The van der Waals surface area contributed by atoms with E-state index in [4.69, 9.17) is 11.6 Å². The number of hydrogen-bond donors (Lipinski definition) is 1. The van der Waals surface area contributed by atoms with Crippen LogP contribution in [0, 0.1) is 0 Å². The number of nitrogens with one attached hydrogen (secondary N) is 1. The molecule has 0 bridgehead atoms.